The second-order valence-corrected chi connectivity index (χ2v) is 4.90. The Balaban J connectivity index is 2.16. The first kappa shape index (κ1) is 12.0. The van der Waals surface area contributed by atoms with Gasteiger partial charge in [-0.1, -0.05) is 37.3 Å². The molecule has 3 heteroatoms. The molecule has 1 atom stereocenters. The van der Waals surface area contributed by atoms with Crippen LogP contribution in [0.1, 0.15) is 18.9 Å². The van der Waals surface area contributed by atoms with Crippen LogP contribution in [0.4, 0.5) is 0 Å². The predicted molar refractivity (Wildman–Crippen MR) is 72.4 cm³/mol. The van der Waals surface area contributed by atoms with Gasteiger partial charge in [-0.3, -0.25) is 4.99 Å². The van der Waals surface area contributed by atoms with E-state index >= 15 is 0 Å². The van der Waals surface area contributed by atoms with Gasteiger partial charge in [0.1, 0.15) is 0 Å². The Hall–Kier alpha value is -1.51. The van der Waals surface area contributed by atoms with Crippen LogP contribution in [-0.4, -0.2) is 38.0 Å². The van der Waals surface area contributed by atoms with E-state index in [0.717, 1.165) is 19.0 Å². The summed E-state index contributed by atoms with van der Waals surface area (Å²) >= 11 is 0. The summed E-state index contributed by atoms with van der Waals surface area (Å²) in [6.07, 6.45) is 1.18. The van der Waals surface area contributed by atoms with E-state index in [1.165, 1.54) is 12.0 Å². The van der Waals surface area contributed by atoms with E-state index in [1.807, 2.05) is 14.1 Å². The van der Waals surface area contributed by atoms with Crippen molar-refractivity contribution in [3.05, 3.63) is 35.9 Å². The summed E-state index contributed by atoms with van der Waals surface area (Å²) < 4.78 is 0. The minimum Gasteiger partial charge on any atom is -0.359 e. The predicted octanol–water partition coefficient (Wildman–Crippen LogP) is 1.86. The van der Waals surface area contributed by atoms with Crippen LogP contribution < -0.4 is 5.32 Å². The second kappa shape index (κ2) is 4.78. The molecule has 0 aromatic heterocycles. The molecule has 1 saturated heterocycles. The number of nitrogens with one attached hydrogen (secondary N) is 1. The van der Waals surface area contributed by atoms with Crippen LogP contribution in [-0.2, 0) is 5.41 Å². The van der Waals surface area contributed by atoms with Gasteiger partial charge in [-0.2, -0.15) is 0 Å². The molecule has 0 bridgehead atoms. The van der Waals surface area contributed by atoms with Crippen molar-refractivity contribution in [1.29, 1.82) is 0 Å². The maximum absolute atomic E-state index is 4.28. The number of nitrogens with zero attached hydrogens (tertiary/aromatic N) is 2. The number of hydrogen-bond donors (Lipinski definition) is 1. The quantitative estimate of drug-likeness (QED) is 0.590. The van der Waals surface area contributed by atoms with Gasteiger partial charge >= 0.3 is 0 Å². The zero-order valence-corrected chi connectivity index (χ0v) is 10.9. The molecule has 3 nitrogen and oxygen atoms in total. The summed E-state index contributed by atoms with van der Waals surface area (Å²) in [6.45, 7) is 4.44. The van der Waals surface area contributed by atoms with Gasteiger partial charge in [0.2, 0.25) is 0 Å². The number of benzene rings is 1. The lowest BCUT2D eigenvalue weighted by Crippen LogP contribution is -2.39. The molecule has 2 rings (SSSR count). The van der Waals surface area contributed by atoms with E-state index in [4.69, 9.17) is 0 Å². The third-order valence-corrected chi connectivity index (χ3v) is 3.68. The average Bonchev–Trinajstić information content (AvgIpc) is 2.76. The molecule has 0 saturated carbocycles. The molecule has 1 unspecified atom stereocenters. The normalized spacial score (nSPS) is 25.1. The number of guanidine groups is 1. The Kier molecular flexibility index (Phi) is 3.36. The fraction of sp³-hybridized carbons (Fsp3) is 0.500. The van der Waals surface area contributed by atoms with E-state index in [1.54, 1.807) is 0 Å². The molecule has 1 N–H and O–H groups in total. The van der Waals surface area contributed by atoms with Crippen molar-refractivity contribution in [3.63, 3.8) is 0 Å². The monoisotopic (exact) mass is 231 g/mol. The Bertz CT molecular complexity index is 399. The standard InChI is InChI=1S/C14H21N3/c1-14(12-7-5-4-6-8-12)9-10-17(11-14)13(15-2)16-3/h4-8H,9-11H2,1-3H3,(H,15,16). The third-order valence-electron chi connectivity index (χ3n) is 3.68. The highest BCUT2D eigenvalue weighted by molar-refractivity contribution is 5.80. The summed E-state index contributed by atoms with van der Waals surface area (Å²) in [5.41, 5.74) is 1.67. The summed E-state index contributed by atoms with van der Waals surface area (Å²) in [4.78, 5) is 6.61. The van der Waals surface area contributed by atoms with Crippen molar-refractivity contribution in [1.82, 2.24) is 10.2 Å². The van der Waals surface area contributed by atoms with Gasteiger partial charge in [-0.05, 0) is 12.0 Å². The summed E-state index contributed by atoms with van der Waals surface area (Å²) in [5, 5.41) is 3.16. The largest absolute Gasteiger partial charge is 0.359 e. The molecular formula is C14H21N3. The summed E-state index contributed by atoms with van der Waals surface area (Å²) in [5.74, 6) is 0.990. The molecule has 1 fully saturated rings. The molecule has 17 heavy (non-hydrogen) atoms. The Morgan fingerprint density at radius 2 is 2.06 bits per heavy atom. The molecule has 0 spiro atoms. The molecule has 92 valence electrons. The van der Waals surface area contributed by atoms with Crippen LogP contribution in [0.3, 0.4) is 0 Å². The first-order chi connectivity index (χ1) is 8.19. The van der Waals surface area contributed by atoms with E-state index in [2.05, 4.69) is 52.5 Å². The van der Waals surface area contributed by atoms with Crippen molar-refractivity contribution < 1.29 is 0 Å². The summed E-state index contributed by atoms with van der Waals surface area (Å²) in [6, 6.07) is 10.8. The number of hydrogen-bond acceptors (Lipinski definition) is 1. The molecule has 1 aliphatic rings. The zero-order valence-electron chi connectivity index (χ0n) is 10.9. The first-order valence-corrected chi connectivity index (χ1v) is 6.14. The van der Waals surface area contributed by atoms with Gasteiger partial charge in [-0.25, -0.2) is 0 Å². The fourth-order valence-corrected chi connectivity index (χ4v) is 2.63. The highest BCUT2D eigenvalue weighted by atomic mass is 15.3. The highest BCUT2D eigenvalue weighted by Gasteiger charge is 2.36. The van der Waals surface area contributed by atoms with Crippen molar-refractivity contribution in [3.8, 4) is 0 Å². The number of rotatable bonds is 1. The topological polar surface area (TPSA) is 27.6 Å². The fourth-order valence-electron chi connectivity index (χ4n) is 2.63. The Labute approximate surface area is 104 Å². The lowest BCUT2D eigenvalue weighted by atomic mass is 9.82. The first-order valence-electron chi connectivity index (χ1n) is 6.14. The highest BCUT2D eigenvalue weighted by Crippen LogP contribution is 2.33. The van der Waals surface area contributed by atoms with Crippen LogP contribution >= 0.6 is 0 Å². The Morgan fingerprint density at radius 1 is 1.35 bits per heavy atom. The molecule has 0 amide bonds. The molecular weight excluding hydrogens is 210 g/mol. The van der Waals surface area contributed by atoms with Crippen molar-refractivity contribution in [2.24, 2.45) is 4.99 Å². The lowest BCUT2D eigenvalue weighted by molar-refractivity contribution is 0.442. The van der Waals surface area contributed by atoms with Crippen LogP contribution in [0.25, 0.3) is 0 Å². The van der Waals surface area contributed by atoms with E-state index in [9.17, 15) is 0 Å². The molecule has 0 radical (unpaired) electrons. The SMILES string of the molecule is CN=C(NC)N1CCC(C)(c2ccccc2)C1. The summed E-state index contributed by atoms with van der Waals surface area (Å²) in [7, 11) is 3.77. The number of likely N-dealkylation sites (tertiary alicyclic amines) is 1. The Morgan fingerprint density at radius 3 is 2.65 bits per heavy atom. The second-order valence-electron chi connectivity index (χ2n) is 4.90. The lowest BCUT2D eigenvalue weighted by Gasteiger charge is -2.26. The van der Waals surface area contributed by atoms with Crippen LogP contribution in [0.15, 0.2) is 35.3 Å². The van der Waals surface area contributed by atoms with Crippen molar-refractivity contribution in [2.45, 2.75) is 18.8 Å². The van der Waals surface area contributed by atoms with Crippen molar-refractivity contribution in [2.75, 3.05) is 27.2 Å². The van der Waals surface area contributed by atoms with E-state index in [0.29, 0.717) is 0 Å². The maximum Gasteiger partial charge on any atom is 0.193 e. The van der Waals surface area contributed by atoms with Gasteiger partial charge in [-0.15, -0.1) is 0 Å². The van der Waals surface area contributed by atoms with E-state index in [-0.39, 0.29) is 5.41 Å². The van der Waals surface area contributed by atoms with Gasteiger partial charge in [0.05, 0.1) is 0 Å². The van der Waals surface area contributed by atoms with Gasteiger partial charge in [0, 0.05) is 32.6 Å². The molecule has 1 aromatic carbocycles. The molecule has 1 aromatic rings. The minimum atomic E-state index is 0.244. The molecule has 1 aliphatic heterocycles. The minimum absolute atomic E-state index is 0.244. The van der Waals surface area contributed by atoms with Crippen LogP contribution in [0.2, 0.25) is 0 Å². The van der Waals surface area contributed by atoms with Crippen molar-refractivity contribution >= 4 is 5.96 Å². The maximum atomic E-state index is 4.28. The van der Waals surface area contributed by atoms with Gasteiger partial charge in [0.25, 0.3) is 0 Å². The third kappa shape index (κ3) is 2.28. The zero-order chi connectivity index (χ0) is 12.3. The molecule has 1 heterocycles. The number of aliphatic imine (C=N–C) groups is 1. The van der Waals surface area contributed by atoms with Gasteiger partial charge in [0.15, 0.2) is 5.96 Å². The molecule has 0 aliphatic carbocycles. The van der Waals surface area contributed by atoms with E-state index < -0.39 is 0 Å². The smallest absolute Gasteiger partial charge is 0.193 e. The van der Waals surface area contributed by atoms with Gasteiger partial charge < -0.3 is 10.2 Å². The van der Waals surface area contributed by atoms with Crippen LogP contribution in [0, 0.1) is 0 Å². The average molecular weight is 231 g/mol. The van der Waals surface area contributed by atoms with Crippen LogP contribution in [0.5, 0.6) is 0 Å².